The lowest BCUT2D eigenvalue weighted by Crippen LogP contribution is -2.40. The molecule has 6 heteroatoms. The quantitative estimate of drug-likeness (QED) is 0.766. The molecule has 100 valence electrons. The molecule has 1 atom stereocenters. The Morgan fingerprint density at radius 1 is 1.37 bits per heavy atom. The highest BCUT2D eigenvalue weighted by Crippen LogP contribution is 2.02. The number of carbonyl (C=O) groups is 1. The minimum Gasteiger partial charge on any atom is -0.394 e. The number of hydrogen-bond donors (Lipinski definition) is 2. The Morgan fingerprint density at radius 2 is 2.16 bits per heavy atom. The molecule has 0 aliphatic heterocycles. The Morgan fingerprint density at radius 3 is 2.79 bits per heavy atom. The predicted molar refractivity (Wildman–Crippen MR) is 69.2 cm³/mol. The molecule has 0 saturated carbocycles. The fourth-order valence-electron chi connectivity index (χ4n) is 1.79. The maximum Gasteiger partial charge on any atom is 0.242 e. The van der Waals surface area contributed by atoms with Crippen LogP contribution in [0.2, 0.25) is 0 Å². The Kier molecular flexibility index (Phi) is 4.63. The van der Waals surface area contributed by atoms with Gasteiger partial charge in [0.2, 0.25) is 5.91 Å². The van der Waals surface area contributed by atoms with Gasteiger partial charge in [0.1, 0.15) is 19.2 Å². The summed E-state index contributed by atoms with van der Waals surface area (Å²) in [5.74, 6) is -0.194. The van der Waals surface area contributed by atoms with Gasteiger partial charge in [-0.1, -0.05) is 30.3 Å². The lowest BCUT2D eigenvalue weighted by molar-refractivity contribution is -0.122. The van der Waals surface area contributed by atoms with Crippen molar-refractivity contribution in [3.8, 4) is 0 Å². The van der Waals surface area contributed by atoms with Crippen molar-refractivity contribution in [3.05, 3.63) is 48.5 Å². The number of nitrogens with one attached hydrogen (secondary N) is 1. The SMILES string of the molecule is O=C(Cn1cncn1)N[C@@H](CO)Cc1ccccc1. The maximum absolute atomic E-state index is 11.8. The first-order valence-corrected chi connectivity index (χ1v) is 6.04. The number of nitrogens with zero attached hydrogens (tertiary/aromatic N) is 3. The largest absolute Gasteiger partial charge is 0.394 e. The zero-order valence-corrected chi connectivity index (χ0v) is 10.4. The summed E-state index contributed by atoms with van der Waals surface area (Å²) in [5.41, 5.74) is 1.07. The van der Waals surface area contributed by atoms with E-state index in [9.17, 15) is 9.90 Å². The zero-order valence-electron chi connectivity index (χ0n) is 10.4. The van der Waals surface area contributed by atoms with Gasteiger partial charge in [0.15, 0.2) is 0 Å². The lowest BCUT2D eigenvalue weighted by atomic mass is 10.1. The fraction of sp³-hybridized carbons (Fsp3) is 0.308. The van der Waals surface area contributed by atoms with Crippen molar-refractivity contribution in [2.75, 3.05) is 6.61 Å². The second kappa shape index (κ2) is 6.65. The second-order valence-electron chi connectivity index (χ2n) is 4.23. The molecule has 0 bridgehead atoms. The Balaban J connectivity index is 1.86. The molecular weight excluding hydrogens is 244 g/mol. The van der Waals surface area contributed by atoms with Crippen LogP contribution in [0.15, 0.2) is 43.0 Å². The number of amides is 1. The van der Waals surface area contributed by atoms with Gasteiger partial charge in [-0.2, -0.15) is 5.10 Å². The molecule has 0 fully saturated rings. The predicted octanol–water partition coefficient (Wildman–Crippen LogP) is -0.00210. The third-order valence-electron chi connectivity index (χ3n) is 2.68. The van der Waals surface area contributed by atoms with Gasteiger partial charge in [0, 0.05) is 0 Å². The van der Waals surface area contributed by atoms with E-state index in [1.54, 1.807) is 0 Å². The summed E-state index contributed by atoms with van der Waals surface area (Å²) in [5, 5.41) is 15.9. The van der Waals surface area contributed by atoms with Crippen LogP contribution >= 0.6 is 0 Å². The van der Waals surface area contributed by atoms with Crippen molar-refractivity contribution in [2.24, 2.45) is 0 Å². The summed E-state index contributed by atoms with van der Waals surface area (Å²) in [6, 6.07) is 9.43. The van der Waals surface area contributed by atoms with Crippen LogP contribution in [0, 0.1) is 0 Å². The van der Waals surface area contributed by atoms with Gasteiger partial charge >= 0.3 is 0 Å². The number of benzene rings is 1. The van der Waals surface area contributed by atoms with E-state index < -0.39 is 0 Å². The summed E-state index contributed by atoms with van der Waals surface area (Å²) in [4.78, 5) is 15.5. The van der Waals surface area contributed by atoms with Gasteiger partial charge in [-0.3, -0.25) is 4.79 Å². The number of hydrogen-bond acceptors (Lipinski definition) is 4. The van der Waals surface area contributed by atoms with Crippen molar-refractivity contribution >= 4 is 5.91 Å². The normalized spacial score (nSPS) is 12.1. The van der Waals surface area contributed by atoms with E-state index in [2.05, 4.69) is 15.4 Å². The molecule has 0 aliphatic rings. The molecule has 2 rings (SSSR count). The lowest BCUT2D eigenvalue weighted by Gasteiger charge is -2.16. The van der Waals surface area contributed by atoms with E-state index in [0.717, 1.165) is 5.56 Å². The molecule has 0 aliphatic carbocycles. The van der Waals surface area contributed by atoms with Crippen molar-refractivity contribution in [3.63, 3.8) is 0 Å². The molecule has 0 saturated heterocycles. The van der Waals surface area contributed by atoms with Gasteiger partial charge in [0.05, 0.1) is 12.6 Å². The zero-order chi connectivity index (χ0) is 13.5. The van der Waals surface area contributed by atoms with Crippen LogP contribution in [0.1, 0.15) is 5.56 Å². The first-order valence-electron chi connectivity index (χ1n) is 6.04. The Labute approximate surface area is 111 Å². The van der Waals surface area contributed by atoms with E-state index in [-0.39, 0.29) is 25.1 Å². The number of aliphatic hydroxyl groups excluding tert-OH is 1. The van der Waals surface area contributed by atoms with Gasteiger partial charge in [0.25, 0.3) is 0 Å². The fourth-order valence-corrected chi connectivity index (χ4v) is 1.79. The molecule has 6 nitrogen and oxygen atoms in total. The Bertz CT molecular complexity index is 499. The van der Waals surface area contributed by atoms with Crippen LogP contribution in [0.4, 0.5) is 0 Å². The van der Waals surface area contributed by atoms with Crippen molar-refractivity contribution < 1.29 is 9.90 Å². The van der Waals surface area contributed by atoms with E-state index in [0.29, 0.717) is 6.42 Å². The third kappa shape index (κ3) is 4.18. The summed E-state index contributed by atoms with van der Waals surface area (Å²) in [6.07, 6.45) is 3.45. The molecule has 19 heavy (non-hydrogen) atoms. The maximum atomic E-state index is 11.8. The minimum absolute atomic E-state index is 0.0992. The minimum atomic E-state index is -0.293. The average molecular weight is 260 g/mol. The monoisotopic (exact) mass is 260 g/mol. The first-order chi connectivity index (χ1) is 9.28. The Hall–Kier alpha value is -2.21. The highest BCUT2D eigenvalue weighted by atomic mass is 16.3. The molecule has 0 radical (unpaired) electrons. The van der Waals surface area contributed by atoms with Crippen LogP contribution in [-0.4, -0.2) is 38.4 Å². The molecule has 2 N–H and O–H groups in total. The smallest absolute Gasteiger partial charge is 0.242 e. The van der Waals surface area contributed by atoms with Crippen LogP contribution in [0.5, 0.6) is 0 Å². The second-order valence-corrected chi connectivity index (χ2v) is 4.23. The standard InChI is InChI=1S/C13H16N4O2/c18-8-12(6-11-4-2-1-3-5-11)16-13(19)7-17-10-14-9-15-17/h1-5,9-10,12,18H,6-8H2,(H,16,19)/t12-/m1/s1. The number of aromatic nitrogens is 3. The third-order valence-corrected chi connectivity index (χ3v) is 2.68. The van der Waals surface area contributed by atoms with Crippen LogP contribution in [0.25, 0.3) is 0 Å². The van der Waals surface area contributed by atoms with Crippen LogP contribution < -0.4 is 5.32 Å². The van der Waals surface area contributed by atoms with Crippen LogP contribution in [0.3, 0.4) is 0 Å². The van der Waals surface area contributed by atoms with Crippen molar-refractivity contribution in [2.45, 2.75) is 19.0 Å². The molecule has 2 aromatic rings. The van der Waals surface area contributed by atoms with Crippen molar-refractivity contribution in [1.82, 2.24) is 20.1 Å². The van der Waals surface area contributed by atoms with Crippen molar-refractivity contribution in [1.29, 1.82) is 0 Å². The van der Waals surface area contributed by atoms with E-state index in [1.165, 1.54) is 17.3 Å². The van der Waals surface area contributed by atoms with Gasteiger partial charge in [-0.25, -0.2) is 9.67 Å². The molecule has 0 unspecified atom stereocenters. The molecular formula is C13H16N4O2. The van der Waals surface area contributed by atoms with E-state index in [1.807, 2.05) is 30.3 Å². The summed E-state index contributed by atoms with van der Waals surface area (Å²) < 4.78 is 1.44. The molecule has 0 spiro atoms. The van der Waals surface area contributed by atoms with E-state index in [4.69, 9.17) is 0 Å². The summed E-state index contributed by atoms with van der Waals surface area (Å²) >= 11 is 0. The van der Waals surface area contributed by atoms with E-state index >= 15 is 0 Å². The highest BCUT2D eigenvalue weighted by Gasteiger charge is 2.12. The summed E-state index contributed by atoms with van der Waals surface area (Å²) in [6.45, 7) is 0.00326. The molecule has 1 amide bonds. The highest BCUT2D eigenvalue weighted by molar-refractivity contribution is 5.75. The topological polar surface area (TPSA) is 80.0 Å². The number of rotatable bonds is 6. The van der Waals surface area contributed by atoms with Gasteiger partial charge in [-0.05, 0) is 12.0 Å². The van der Waals surface area contributed by atoms with Gasteiger partial charge in [-0.15, -0.1) is 0 Å². The molecule has 1 aromatic carbocycles. The van der Waals surface area contributed by atoms with Crippen LogP contribution in [-0.2, 0) is 17.8 Å². The first kappa shape index (κ1) is 13.2. The number of aliphatic hydroxyl groups is 1. The van der Waals surface area contributed by atoms with Gasteiger partial charge < -0.3 is 10.4 Å². The number of carbonyl (C=O) groups excluding carboxylic acids is 1. The average Bonchev–Trinajstić information content (AvgIpc) is 2.92. The summed E-state index contributed by atoms with van der Waals surface area (Å²) in [7, 11) is 0. The molecule has 1 aromatic heterocycles. The molecule has 1 heterocycles.